The number of benzene rings is 1. The van der Waals surface area contributed by atoms with Crippen molar-refractivity contribution >= 4 is 21.4 Å². The van der Waals surface area contributed by atoms with Crippen molar-refractivity contribution in [3.05, 3.63) is 59.1 Å². The average Bonchev–Trinajstić information content (AvgIpc) is 3.20. The molecule has 0 saturated carbocycles. The fourth-order valence-electron chi connectivity index (χ4n) is 2.70. The molecule has 2 aromatic heterocycles. The van der Waals surface area contributed by atoms with Crippen LogP contribution in [0.3, 0.4) is 0 Å². The fourth-order valence-corrected chi connectivity index (χ4v) is 3.25. The first-order valence-electron chi connectivity index (χ1n) is 8.22. The Morgan fingerprint density at radius 2 is 1.83 bits per heavy atom. The van der Waals surface area contributed by atoms with E-state index in [9.17, 15) is 26.4 Å². The quantitative estimate of drug-likeness (QED) is 0.684. The van der Waals surface area contributed by atoms with Gasteiger partial charge in [-0.1, -0.05) is 0 Å². The normalized spacial score (nSPS) is 12.2. The lowest BCUT2D eigenvalue weighted by atomic mass is 10.1. The van der Waals surface area contributed by atoms with E-state index in [1.54, 1.807) is 19.9 Å². The van der Waals surface area contributed by atoms with Gasteiger partial charge in [-0.25, -0.2) is 13.1 Å². The summed E-state index contributed by atoms with van der Waals surface area (Å²) in [6.45, 7) is 3.44. The minimum Gasteiger partial charge on any atom is -0.440 e. The van der Waals surface area contributed by atoms with Gasteiger partial charge in [-0.3, -0.25) is 4.79 Å². The predicted octanol–water partition coefficient (Wildman–Crippen LogP) is 3.76. The molecule has 0 aliphatic heterocycles. The number of anilines is 1. The number of alkyl halides is 3. The Morgan fingerprint density at radius 1 is 1.14 bits per heavy atom. The summed E-state index contributed by atoms with van der Waals surface area (Å²) in [6, 6.07) is 6.82. The Hall–Kier alpha value is -3.08. The molecule has 3 aromatic rings. The van der Waals surface area contributed by atoms with Gasteiger partial charge < -0.3 is 9.73 Å². The van der Waals surface area contributed by atoms with Crippen LogP contribution in [0.25, 0.3) is 5.69 Å². The molecule has 0 aliphatic rings. The second kappa shape index (κ2) is 7.07. The molecule has 154 valence electrons. The maximum Gasteiger partial charge on any atom is 0.416 e. The van der Waals surface area contributed by atoms with Gasteiger partial charge in [0.05, 0.1) is 22.6 Å². The predicted molar refractivity (Wildman–Crippen MR) is 97.8 cm³/mol. The third kappa shape index (κ3) is 4.34. The van der Waals surface area contributed by atoms with E-state index in [1.165, 1.54) is 10.7 Å². The number of aromatic nitrogens is 2. The van der Waals surface area contributed by atoms with E-state index in [0.717, 1.165) is 30.5 Å². The summed E-state index contributed by atoms with van der Waals surface area (Å²) in [7, 11) is -3.68. The number of halogens is 3. The third-order valence-corrected chi connectivity index (χ3v) is 4.93. The van der Waals surface area contributed by atoms with Crippen LogP contribution in [0, 0.1) is 13.8 Å². The van der Waals surface area contributed by atoms with Crippen molar-refractivity contribution in [3.63, 3.8) is 0 Å². The first-order chi connectivity index (χ1) is 13.4. The number of nitrogens with one attached hydrogen (secondary N) is 1. The standard InChI is InChI=1S/C18H16F3N3O4S/c1-10-8-11(2)24(23-10)14-5-4-12(18(19,20)21)9-13(14)22-17(25)15-6-7-16(28-15)29(3,26)27/h4-9H,1-3H3,(H,22,25). The summed E-state index contributed by atoms with van der Waals surface area (Å²) in [5.41, 5.74) is 0.383. The largest absolute Gasteiger partial charge is 0.440 e. The van der Waals surface area contributed by atoms with E-state index < -0.39 is 32.6 Å². The number of sulfone groups is 1. The van der Waals surface area contributed by atoms with Crippen LogP contribution in [-0.4, -0.2) is 30.4 Å². The smallest absolute Gasteiger partial charge is 0.416 e. The highest BCUT2D eigenvalue weighted by Crippen LogP contribution is 2.34. The molecule has 1 N–H and O–H groups in total. The van der Waals surface area contributed by atoms with Crippen molar-refractivity contribution in [2.75, 3.05) is 11.6 Å². The zero-order valence-corrected chi connectivity index (χ0v) is 16.4. The minimum atomic E-state index is -4.62. The summed E-state index contributed by atoms with van der Waals surface area (Å²) in [5.74, 6) is -1.26. The molecule has 0 spiro atoms. The zero-order valence-electron chi connectivity index (χ0n) is 15.5. The van der Waals surface area contributed by atoms with Crippen LogP contribution in [0.4, 0.5) is 18.9 Å². The van der Waals surface area contributed by atoms with Crippen LogP contribution in [0.1, 0.15) is 27.5 Å². The van der Waals surface area contributed by atoms with Crippen LogP contribution in [0.5, 0.6) is 0 Å². The van der Waals surface area contributed by atoms with Crippen LogP contribution in [-0.2, 0) is 16.0 Å². The van der Waals surface area contributed by atoms with Crippen molar-refractivity contribution in [1.82, 2.24) is 9.78 Å². The molecule has 7 nitrogen and oxygen atoms in total. The number of carbonyl (C=O) groups is 1. The van der Waals surface area contributed by atoms with Gasteiger partial charge in [-0.2, -0.15) is 18.3 Å². The molecule has 0 radical (unpaired) electrons. The van der Waals surface area contributed by atoms with Gasteiger partial charge >= 0.3 is 6.18 Å². The van der Waals surface area contributed by atoms with E-state index in [4.69, 9.17) is 4.42 Å². The van der Waals surface area contributed by atoms with Crippen LogP contribution >= 0.6 is 0 Å². The van der Waals surface area contributed by atoms with Crippen LogP contribution in [0.2, 0.25) is 0 Å². The van der Waals surface area contributed by atoms with E-state index in [2.05, 4.69) is 10.4 Å². The number of nitrogens with zero attached hydrogens (tertiary/aromatic N) is 2. The maximum atomic E-state index is 13.2. The molecular formula is C18H16F3N3O4S. The van der Waals surface area contributed by atoms with Crippen molar-refractivity contribution < 1.29 is 30.8 Å². The van der Waals surface area contributed by atoms with E-state index in [0.29, 0.717) is 11.4 Å². The van der Waals surface area contributed by atoms with Gasteiger partial charge in [0.2, 0.25) is 14.9 Å². The molecule has 2 heterocycles. The van der Waals surface area contributed by atoms with Gasteiger partial charge in [0.25, 0.3) is 5.91 Å². The topological polar surface area (TPSA) is 94.2 Å². The van der Waals surface area contributed by atoms with Gasteiger partial charge in [-0.15, -0.1) is 0 Å². The van der Waals surface area contributed by atoms with Crippen molar-refractivity contribution in [3.8, 4) is 5.69 Å². The van der Waals surface area contributed by atoms with Crippen molar-refractivity contribution in [1.29, 1.82) is 0 Å². The number of carbonyl (C=O) groups excluding carboxylic acids is 1. The first kappa shape index (κ1) is 20.6. The average molecular weight is 427 g/mol. The third-order valence-electron chi connectivity index (χ3n) is 3.98. The Labute approximate surface area is 164 Å². The molecule has 0 fully saturated rings. The fraction of sp³-hybridized carbons (Fsp3) is 0.222. The van der Waals surface area contributed by atoms with E-state index in [1.807, 2.05) is 0 Å². The summed E-state index contributed by atoms with van der Waals surface area (Å²) >= 11 is 0. The van der Waals surface area contributed by atoms with Gasteiger partial charge in [-0.05, 0) is 50.2 Å². The van der Waals surface area contributed by atoms with Gasteiger partial charge in [0, 0.05) is 11.9 Å². The number of hydrogen-bond donors (Lipinski definition) is 1. The summed E-state index contributed by atoms with van der Waals surface area (Å²) in [5, 5.41) is 6.16. The summed E-state index contributed by atoms with van der Waals surface area (Å²) < 4.78 is 68.9. The second-order valence-corrected chi connectivity index (χ2v) is 8.36. The lowest BCUT2D eigenvalue weighted by Gasteiger charge is -2.15. The number of hydrogen-bond acceptors (Lipinski definition) is 5. The molecular weight excluding hydrogens is 411 g/mol. The molecule has 3 rings (SSSR count). The van der Waals surface area contributed by atoms with Crippen molar-refractivity contribution in [2.45, 2.75) is 25.1 Å². The van der Waals surface area contributed by atoms with E-state index >= 15 is 0 Å². The Morgan fingerprint density at radius 3 is 2.34 bits per heavy atom. The zero-order chi connectivity index (χ0) is 21.6. The molecule has 0 aliphatic carbocycles. The Balaban J connectivity index is 2.05. The molecule has 1 amide bonds. The Kier molecular flexibility index (Phi) is 5.03. The number of aryl methyl sites for hydroxylation is 2. The molecule has 0 atom stereocenters. The highest BCUT2D eigenvalue weighted by atomic mass is 32.2. The van der Waals surface area contributed by atoms with E-state index in [-0.39, 0.29) is 17.1 Å². The number of rotatable bonds is 4. The number of amides is 1. The molecule has 29 heavy (non-hydrogen) atoms. The molecule has 0 saturated heterocycles. The Bertz CT molecular complexity index is 1190. The highest BCUT2D eigenvalue weighted by molar-refractivity contribution is 7.90. The monoisotopic (exact) mass is 427 g/mol. The number of furan rings is 1. The molecule has 1 aromatic carbocycles. The van der Waals surface area contributed by atoms with Crippen LogP contribution < -0.4 is 5.32 Å². The van der Waals surface area contributed by atoms with Gasteiger partial charge in [0.1, 0.15) is 0 Å². The summed E-state index contributed by atoms with van der Waals surface area (Å²) in [4.78, 5) is 12.5. The maximum absolute atomic E-state index is 13.2. The second-order valence-electron chi connectivity index (χ2n) is 6.41. The molecule has 11 heteroatoms. The van der Waals surface area contributed by atoms with Crippen molar-refractivity contribution in [2.24, 2.45) is 0 Å². The van der Waals surface area contributed by atoms with Gasteiger partial charge in [0.15, 0.2) is 5.76 Å². The minimum absolute atomic E-state index is 0.159. The van der Waals surface area contributed by atoms with Crippen LogP contribution in [0.15, 0.2) is 45.9 Å². The lowest BCUT2D eigenvalue weighted by Crippen LogP contribution is -2.15. The first-order valence-corrected chi connectivity index (χ1v) is 10.1. The molecule has 0 bridgehead atoms. The molecule has 0 unspecified atom stereocenters. The highest BCUT2D eigenvalue weighted by Gasteiger charge is 2.32. The summed E-state index contributed by atoms with van der Waals surface area (Å²) in [6.07, 6.45) is -3.72. The lowest BCUT2D eigenvalue weighted by molar-refractivity contribution is -0.137. The SMILES string of the molecule is Cc1cc(C)n(-c2ccc(C(F)(F)F)cc2NC(=O)c2ccc(S(C)(=O)=O)o2)n1.